The van der Waals surface area contributed by atoms with Crippen LogP contribution in [0.3, 0.4) is 0 Å². The Hall–Kier alpha value is -1.10. The fourth-order valence-corrected chi connectivity index (χ4v) is 2.15. The minimum Gasteiger partial charge on any atom is -0.392 e. The van der Waals surface area contributed by atoms with Crippen molar-refractivity contribution < 1.29 is 9.90 Å². The summed E-state index contributed by atoms with van der Waals surface area (Å²) >= 11 is 5.79. The van der Waals surface area contributed by atoms with Crippen LogP contribution in [0.5, 0.6) is 0 Å². The van der Waals surface area contributed by atoms with Crippen molar-refractivity contribution in [2.75, 3.05) is 13.1 Å². The Bertz CT molecular complexity index is 408. The maximum absolute atomic E-state index is 11.7. The standard InChI is InChI=1S/C13H17ClN2O2/c14-10-3-1-9(2-4-10)5-6-15-13(18)12-7-11(17)8-16-12/h1-4,11-12,16-17H,5-8H2,(H,15,18)/t11-,12+/m0/s1. The third kappa shape index (κ3) is 3.70. The summed E-state index contributed by atoms with van der Waals surface area (Å²) in [6.45, 7) is 1.09. The molecule has 0 aliphatic carbocycles. The van der Waals surface area contributed by atoms with E-state index in [1.165, 1.54) is 0 Å². The third-order valence-electron chi connectivity index (χ3n) is 3.05. The third-order valence-corrected chi connectivity index (χ3v) is 3.30. The average Bonchev–Trinajstić information content (AvgIpc) is 2.78. The van der Waals surface area contributed by atoms with Crippen molar-refractivity contribution in [1.82, 2.24) is 10.6 Å². The van der Waals surface area contributed by atoms with Gasteiger partial charge in [0, 0.05) is 18.1 Å². The lowest BCUT2D eigenvalue weighted by Gasteiger charge is -2.10. The van der Waals surface area contributed by atoms with E-state index in [0.717, 1.165) is 12.0 Å². The molecule has 2 atom stereocenters. The Kier molecular flexibility index (Phi) is 4.58. The number of carbonyl (C=O) groups is 1. The largest absolute Gasteiger partial charge is 0.392 e. The lowest BCUT2D eigenvalue weighted by Crippen LogP contribution is -2.41. The molecule has 4 nitrogen and oxygen atoms in total. The minimum atomic E-state index is -0.406. The fraction of sp³-hybridized carbons (Fsp3) is 0.462. The number of hydrogen-bond acceptors (Lipinski definition) is 3. The van der Waals surface area contributed by atoms with Gasteiger partial charge in [-0.2, -0.15) is 0 Å². The molecule has 98 valence electrons. The van der Waals surface area contributed by atoms with E-state index in [4.69, 9.17) is 11.6 Å². The molecule has 1 fully saturated rings. The highest BCUT2D eigenvalue weighted by atomic mass is 35.5. The summed E-state index contributed by atoms with van der Waals surface area (Å²) in [5.74, 6) is -0.0412. The zero-order chi connectivity index (χ0) is 13.0. The lowest BCUT2D eigenvalue weighted by molar-refractivity contribution is -0.122. The van der Waals surface area contributed by atoms with Crippen LogP contribution < -0.4 is 10.6 Å². The van der Waals surface area contributed by atoms with Gasteiger partial charge in [0.25, 0.3) is 0 Å². The number of aliphatic hydroxyl groups is 1. The number of halogens is 1. The average molecular weight is 269 g/mol. The molecule has 0 unspecified atom stereocenters. The van der Waals surface area contributed by atoms with Gasteiger partial charge in [-0.3, -0.25) is 4.79 Å². The van der Waals surface area contributed by atoms with Crippen molar-refractivity contribution >= 4 is 17.5 Å². The molecule has 1 heterocycles. The monoisotopic (exact) mass is 268 g/mol. The minimum absolute atomic E-state index is 0.0412. The Morgan fingerprint density at radius 2 is 2.17 bits per heavy atom. The number of aliphatic hydroxyl groups excluding tert-OH is 1. The van der Waals surface area contributed by atoms with E-state index in [0.29, 0.717) is 24.5 Å². The summed E-state index contributed by atoms with van der Waals surface area (Å²) < 4.78 is 0. The first-order valence-corrected chi connectivity index (χ1v) is 6.46. The van der Waals surface area contributed by atoms with Gasteiger partial charge in [0.05, 0.1) is 12.1 Å². The second-order valence-electron chi connectivity index (χ2n) is 4.52. The summed E-state index contributed by atoms with van der Waals surface area (Å²) in [5, 5.41) is 15.9. The van der Waals surface area contributed by atoms with Gasteiger partial charge >= 0.3 is 0 Å². The smallest absolute Gasteiger partial charge is 0.237 e. The topological polar surface area (TPSA) is 61.4 Å². The van der Waals surface area contributed by atoms with Crippen LogP contribution in [0.1, 0.15) is 12.0 Å². The lowest BCUT2D eigenvalue weighted by atomic mass is 10.1. The summed E-state index contributed by atoms with van der Waals surface area (Å²) in [5.41, 5.74) is 1.14. The van der Waals surface area contributed by atoms with Gasteiger partial charge in [-0.15, -0.1) is 0 Å². The molecule has 1 amide bonds. The highest BCUT2D eigenvalue weighted by Crippen LogP contribution is 2.10. The molecule has 0 spiro atoms. The van der Waals surface area contributed by atoms with Crippen molar-refractivity contribution in [3.8, 4) is 0 Å². The molecule has 5 heteroatoms. The zero-order valence-corrected chi connectivity index (χ0v) is 10.8. The number of amides is 1. The van der Waals surface area contributed by atoms with Crippen molar-refractivity contribution in [1.29, 1.82) is 0 Å². The Labute approximate surface area is 111 Å². The molecule has 1 aromatic carbocycles. The van der Waals surface area contributed by atoms with Gasteiger partial charge in [0.15, 0.2) is 0 Å². The first-order valence-electron chi connectivity index (χ1n) is 6.09. The molecule has 1 aromatic rings. The summed E-state index contributed by atoms with van der Waals surface area (Å²) in [6.07, 6.45) is 0.863. The Morgan fingerprint density at radius 3 is 2.78 bits per heavy atom. The van der Waals surface area contributed by atoms with Crippen molar-refractivity contribution in [3.63, 3.8) is 0 Å². The van der Waals surface area contributed by atoms with Crippen molar-refractivity contribution in [2.24, 2.45) is 0 Å². The zero-order valence-electron chi connectivity index (χ0n) is 10.0. The number of carbonyl (C=O) groups excluding carboxylic acids is 1. The first-order chi connectivity index (χ1) is 8.65. The molecule has 1 saturated heterocycles. The predicted molar refractivity (Wildman–Crippen MR) is 70.6 cm³/mol. The molecular formula is C13H17ClN2O2. The van der Waals surface area contributed by atoms with E-state index >= 15 is 0 Å². The van der Waals surface area contributed by atoms with Crippen molar-refractivity contribution in [3.05, 3.63) is 34.9 Å². The van der Waals surface area contributed by atoms with Crippen LogP contribution >= 0.6 is 11.6 Å². The second kappa shape index (κ2) is 6.18. The molecule has 2 rings (SSSR count). The molecule has 18 heavy (non-hydrogen) atoms. The van der Waals surface area contributed by atoms with Crippen LogP contribution in [0.25, 0.3) is 0 Å². The van der Waals surface area contributed by atoms with Gasteiger partial charge in [-0.25, -0.2) is 0 Å². The van der Waals surface area contributed by atoms with E-state index < -0.39 is 6.10 Å². The van der Waals surface area contributed by atoms with E-state index in [1.54, 1.807) is 0 Å². The van der Waals surface area contributed by atoms with Crippen LogP contribution in [-0.4, -0.2) is 36.2 Å². The van der Waals surface area contributed by atoms with Gasteiger partial charge in [-0.1, -0.05) is 23.7 Å². The van der Waals surface area contributed by atoms with Crippen LogP contribution in [0.15, 0.2) is 24.3 Å². The Balaban J connectivity index is 1.72. The SMILES string of the molecule is O=C(NCCc1ccc(Cl)cc1)[C@H]1C[C@H](O)CN1. The molecule has 0 aromatic heterocycles. The van der Waals surface area contributed by atoms with E-state index in [9.17, 15) is 9.90 Å². The molecule has 3 N–H and O–H groups in total. The predicted octanol–water partition coefficient (Wildman–Crippen LogP) is 0.721. The summed E-state index contributed by atoms with van der Waals surface area (Å²) in [6, 6.07) is 7.32. The number of benzene rings is 1. The number of rotatable bonds is 4. The quantitative estimate of drug-likeness (QED) is 0.754. The van der Waals surface area contributed by atoms with E-state index in [2.05, 4.69) is 10.6 Å². The van der Waals surface area contributed by atoms with Gasteiger partial charge in [0.2, 0.25) is 5.91 Å². The number of nitrogens with one attached hydrogen (secondary N) is 2. The van der Waals surface area contributed by atoms with E-state index in [1.807, 2.05) is 24.3 Å². The van der Waals surface area contributed by atoms with Gasteiger partial charge in [0.1, 0.15) is 0 Å². The number of hydrogen-bond donors (Lipinski definition) is 3. The van der Waals surface area contributed by atoms with Crippen LogP contribution in [0.4, 0.5) is 0 Å². The fourth-order valence-electron chi connectivity index (χ4n) is 2.02. The molecule has 1 aliphatic heterocycles. The maximum Gasteiger partial charge on any atom is 0.237 e. The number of β-amino-alcohol motifs (C(OH)–C–C–N with tert-alkyl or cyclic N) is 1. The van der Waals surface area contributed by atoms with Crippen LogP contribution in [0, 0.1) is 0 Å². The van der Waals surface area contributed by atoms with Crippen LogP contribution in [0.2, 0.25) is 5.02 Å². The van der Waals surface area contributed by atoms with Crippen molar-refractivity contribution in [2.45, 2.75) is 25.0 Å². The second-order valence-corrected chi connectivity index (χ2v) is 4.95. The first kappa shape index (κ1) is 13.3. The Morgan fingerprint density at radius 1 is 1.44 bits per heavy atom. The molecule has 0 saturated carbocycles. The van der Waals surface area contributed by atoms with Crippen LogP contribution in [-0.2, 0) is 11.2 Å². The summed E-state index contributed by atoms with van der Waals surface area (Å²) in [7, 11) is 0. The highest BCUT2D eigenvalue weighted by molar-refractivity contribution is 6.30. The van der Waals surface area contributed by atoms with Gasteiger partial charge < -0.3 is 15.7 Å². The molecule has 1 aliphatic rings. The molecule has 0 radical (unpaired) electrons. The van der Waals surface area contributed by atoms with Gasteiger partial charge in [-0.05, 0) is 30.5 Å². The normalized spacial score (nSPS) is 23.0. The van der Waals surface area contributed by atoms with E-state index in [-0.39, 0.29) is 11.9 Å². The molecule has 0 bridgehead atoms. The summed E-state index contributed by atoms with van der Waals surface area (Å²) in [4.78, 5) is 11.7. The maximum atomic E-state index is 11.7. The highest BCUT2D eigenvalue weighted by Gasteiger charge is 2.27. The molecular weight excluding hydrogens is 252 g/mol.